The number of aliphatic hydroxyl groups excluding tert-OH is 1. The van der Waals surface area contributed by atoms with Gasteiger partial charge in [-0.1, -0.05) is 13.8 Å². The topological polar surface area (TPSA) is 101 Å². The molecule has 0 amide bonds. The second-order valence-electron chi connectivity index (χ2n) is 4.14. The van der Waals surface area contributed by atoms with Crippen molar-refractivity contribution >= 4 is 19.9 Å². The number of sulfonamides is 1. The van der Waals surface area contributed by atoms with Crippen molar-refractivity contribution in [3.63, 3.8) is 0 Å². The van der Waals surface area contributed by atoms with Gasteiger partial charge in [-0.3, -0.25) is 0 Å². The Balaban J connectivity index is 4.67. The molecule has 0 bridgehead atoms. The number of hydrogen-bond acceptors (Lipinski definition) is 5. The van der Waals surface area contributed by atoms with Crippen LogP contribution in [0.25, 0.3) is 0 Å². The molecule has 1 unspecified atom stereocenters. The van der Waals surface area contributed by atoms with Crippen molar-refractivity contribution in [3.8, 4) is 0 Å². The predicted octanol–water partition coefficient (Wildman–Crippen LogP) is -0.685. The van der Waals surface area contributed by atoms with Crippen molar-refractivity contribution in [1.29, 1.82) is 0 Å². The molecule has 98 valence electrons. The second kappa shape index (κ2) is 5.95. The zero-order valence-corrected chi connectivity index (χ0v) is 11.3. The monoisotopic (exact) mass is 273 g/mol. The highest BCUT2D eigenvalue weighted by Gasteiger charge is 2.23. The van der Waals surface area contributed by atoms with E-state index in [-0.39, 0.29) is 18.9 Å². The van der Waals surface area contributed by atoms with Crippen LogP contribution in [0.4, 0.5) is 0 Å². The van der Waals surface area contributed by atoms with Crippen LogP contribution in [0.15, 0.2) is 0 Å². The molecule has 0 aliphatic carbocycles. The highest BCUT2D eigenvalue weighted by atomic mass is 32.3. The molecule has 0 spiro atoms. The molecule has 0 saturated carbocycles. The normalized spacial score (nSPS) is 15.3. The fourth-order valence-electron chi connectivity index (χ4n) is 1.21. The maximum absolute atomic E-state index is 11.5. The third-order valence-corrected chi connectivity index (χ3v) is 5.56. The van der Waals surface area contributed by atoms with E-state index >= 15 is 0 Å². The van der Waals surface area contributed by atoms with Crippen LogP contribution in [0.2, 0.25) is 0 Å². The Kier molecular flexibility index (Phi) is 5.88. The van der Waals surface area contributed by atoms with Gasteiger partial charge in [-0.2, -0.15) is 0 Å². The van der Waals surface area contributed by atoms with E-state index in [4.69, 9.17) is 5.11 Å². The van der Waals surface area contributed by atoms with Crippen LogP contribution in [0.5, 0.6) is 0 Å². The molecule has 8 heteroatoms. The van der Waals surface area contributed by atoms with Gasteiger partial charge in [0.2, 0.25) is 10.0 Å². The molecule has 0 aromatic heterocycles. The van der Waals surface area contributed by atoms with E-state index in [1.165, 1.54) is 0 Å². The zero-order valence-electron chi connectivity index (χ0n) is 9.67. The van der Waals surface area contributed by atoms with Gasteiger partial charge in [0, 0.05) is 18.9 Å². The highest BCUT2D eigenvalue weighted by Crippen LogP contribution is 2.08. The third-order valence-electron chi connectivity index (χ3n) is 1.95. The summed E-state index contributed by atoms with van der Waals surface area (Å²) in [6.07, 6.45) is 1.13. The lowest BCUT2D eigenvalue weighted by Gasteiger charge is -2.20. The Hall–Kier alpha value is -0.180. The van der Waals surface area contributed by atoms with Crippen LogP contribution >= 0.6 is 0 Å². The maximum Gasteiger partial charge on any atom is 0.226 e. The van der Waals surface area contributed by atoms with E-state index in [2.05, 4.69) is 4.72 Å². The van der Waals surface area contributed by atoms with Crippen molar-refractivity contribution in [2.24, 2.45) is 5.92 Å². The lowest BCUT2D eigenvalue weighted by atomic mass is 10.0. The summed E-state index contributed by atoms with van der Waals surface area (Å²) in [7, 11) is -7.44. The summed E-state index contributed by atoms with van der Waals surface area (Å²) in [6, 6.07) is -0.447. The molecule has 0 saturated heterocycles. The Morgan fingerprint density at radius 2 is 1.69 bits per heavy atom. The Morgan fingerprint density at radius 3 is 2.00 bits per heavy atom. The summed E-state index contributed by atoms with van der Waals surface area (Å²) >= 11 is 0. The van der Waals surface area contributed by atoms with Crippen molar-refractivity contribution in [2.75, 3.05) is 17.9 Å². The van der Waals surface area contributed by atoms with Crippen molar-refractivity contribution in [1.82, 2.24) is 4.72 Å². The van der Waals surface area contributed by atoms with E-state index in [1.807, 2.05) is 0 Å². The molecule has 0 rings (SSSR count). The Labute approximate surface area is 97.0 Å². The zero-order chi connectivity index (χ0) is 13.0. The SMILES string of the molecule is CC(C)C(CCO)NS(=O)(=O)CS(C)(=O)=O. The van der Waals surface area contributed by atoms with Crippen molar-refractivity contribution < 1.29 is 21.9 Å². The van der Waals surface area contributed by atoms with Gasteiger partial charge in [0.15, 0.2) is 14.9 Å². The molecule has 0 aliphatic rings. The molecule has 1 atom stereocenters. The summed E-state index contributed by atoms with van der Waals surface area (Å²) in [5, 5.41) is 7.84. The summed E-state index contributed by atoms with van der Waals surface area (Å²) in [6.45, 7) is 3.44. The summed E-state index contributed by atoms with van der Waals surface area (Å²) in [5.41, 5.74) is 0. The van der Waals surface area contributed by atoms with E-state index in [1.54, 1.807) is 13.8 Å². The average Bonchev–Trinajstić information content (AvgIpc) is 1.97. The van der Waals surface area contributed by atoms with Gasteiger partial charge in [0.05, 0.1) is 0 Å². The molecular formula is C8H19NO5S2. The summed E-state index contributed by atoms with van der Waals surface area (Å²) in [4.78, 5) is 0. The van der Waals surface area contributed by atoms with Gasteiger partial charge in [-0.05, 0) is 12.3 Å². The minimum Gasteiger partial charge on any atom is -0.396 e. The first kappa shape index (κ1) is 15.8. The van der Waals surface area contributed by atoms with E-state index in [0.717, 1.165) is 6.26 Å². The van der Waals surface area contributed by atoms with Crippen LogP contribution in [0.1, 0.15) is 20.3 Å². The van der Waals surface area contributed by atoms with Gasteiger partial charge >= 0.3 is 0 Å². The number of hydrogen-bond donors (Lipinski definition) is 2. The number of nitrogens with one attached hydrogen (secondary N) is 1. The second-order valence-corrected chi connectivity index (χ2v) is 8.40. The van der Waals surface area contributed by atoms with Gasteiger partial charge in [-0.15, -0.1) is 0 Å². The Morgan fingerprint density at radius 1 is 1.19 bits per heavy atom. The number of sulfone groups is 1. The van der Waals surface area contributed by atoms with Gasteiger partial charge in [0.25, 0.3) is 0 Å². The summed E-state index contributed by atoms with van der Waals surface area (Å²) < 4.78 is 47.0. The molecule has 0 radical (unpaired) electrons. The molecule has 6 nitrogen and oxygen atoms in total. The molecule has 0 fully saturated rings. The molecule has 2 N–H and O–H groups in total. The van der Waals surface area contributed by atoms with E-state index < -0.39 is 31.0 Å². The van der Waals surface area contributed by atoms with Crippen LogP contribution in [0, 0.1) is 5.92 Å². The van der Waals surface area contributed by atoms with Gasteiger partial charge < -0.3 is 5.11 Å². The van der Waals surface area contributed by atoms with Crippen LogP contribution in [-0.2, 0) is 19.9 Å². The smallest absolute Gasteiger partial charge is 0.226 e. The molecule has 0 aliphatic heterocycles. The van der Waals surface area contributed by atoms with Gasteiger partial charge in [0.1, 0.15) is 0 Å². The summed E-state index contributed by atoms with van der Waals surface area (Å²) in [5.74, 6) is -0.0125. The fraction of sp³-hybridized carbons (Fsp3) is 1.00. The fourth-order valence-corrected chi connectivity index (χ4v) is 4.59. The molecule has 16 heavy (non-hydrogen) atoms. The lowest BCUT2D eigenvalue weighted by Crippen LogP contribution is -2.41. The largest absolute Gasteiger partial charge is 0.396 e. The first-order valence-corrected chi connectivity index (χ1v) is 8.57. The first-order chi connectivity index (χ1) is 7.07. The third kappa shape index (κ3) is 7.15. The number of rotatable bonds is 7. The van der Waals surface area contributed by atoms with Crippen molar-refractivity contribution in [2.45, 2.75) is 26.3 Å². The quantitative estimate of drug-likeness (QED) is 0.640. The number of aliphatic hydroxyl groups is 1. The van der Waals surface area contributed by atoms with Crippen LogP contribution < -0.4 is 4.72 Å². The van der Waals surface area contributed by atoms with Crippen LogP contribution in [-0.4, -0.2) is 45.9 Å². The van der Waals surface area contributed by atoms with E-state index in [0.29, 0.717) is 0 Å². The van der Waals surface area contributed by atoms with Gasteiger partial charge in [-0.25, -0.2) is 21.6 Å². The minimum absolute atomic E-state index is 0.0125. The van der Waals surface area contributed by atoms with Crippen molar-refractivity contribution in [3.05, 3.63) is 0 Å². The lowest BCUT2D eigenvalue weighted by molar-refractivity contribution is 0.256. The maximum atomic E-state index is 11.5. The van der Waals surface area contributed by atoms with E-state index in [9.17, 15) is 16.8 Å². The minimum atomic E-state index is -3.85. The molecule has 0 aromatic carbocycles. The molecule has 0 aromatic rings. The molecular weight excluding hydrogens is 254 g/mol. The first-order valence-electron chi connectivity index (χ1n) is 4.86. The standard InChI is InChI=1S/C8H19NO5S2/c1-7(2)8(4-5-10)9-16(13,14)6-15(3,11)12/h7-10H,4-6H2,1-3H3. The molecule has 0 heterocycles. The highest BCUT2D eigenvalue weighted by molar-refractivity contribution is 8.06. The predicted molar refractivity (Wildman–Crippen MR) is 62.1 cm³/mol. The Bertz CT molecular complexity index is 398. The van der Waals surface area contributed by atoms with Crippen LogP contribution in [0.3, 0.4) is 0 Å². The average molecular weight is 273 g/mol.